The van der Waals surface area contributed by atoms with Crippen LogP contribution in [0.25, 0.3) is 0 Å². The Balaban J connectivity index is 1.74. The first-order valence-electron chi connectivity index (χ1n) is 6.49. The van der Waals surface area contributed by atoms with E-state index in [9.17, 15) is 4.39 Å². The molecule has 2 heterocycles. The summed E-state index contributed by atoms with van der Waals surface area (Å²) in [7, 11) is 0. The zero-order chi connectivity index (χ0) is 13.1. The van der Waals surface area contributed by atoms with Gasteiger partial charge in [0.05, 0.1) is 17.9 Å². The van der Waals surface area contributed by atoms with Gasteiger partial charge in [-0.1, -0.05) is 12.5 Å². The van der Waals surface area contributed by atoms with E-state index in [4.69, 9.17) is 0 Å². The highest BCUT2D eigenvalue weighted by Gasteiger charge is 2.25. The Morgan fingerprint density at radius 3 is 2.79 bits per heavy atom. The molecule has 0 amide bonds. The summed E-state index contributed by atoms with van der Waals surface area (Å²) in [4.78, 5) is 12.2. The summed E-state index contributed by atoms with van der Waals surface area (Å²) in [5.74, 6) is 0.212. The molecule has 0 atom stereocenters. The number of halogens is 1. The number of nitrogens with zero attached hydrogens (tertiary/aromatic N) is 3. The van der Waals surface area contributed by atoms with Gasteiger partial charge in [-0.15, -0.1) is 0 Å². The van der Waals surface area contributed by atoms with E-state index in [1.54, 1.807) is 6.20 Å². The molecule has 0 bridgehead atoms. The van der Waals surface area contributed by atoms with Gasteiger partial charge in [0.1, 0.15) is 6.33 Å². The van der Waals surface area contributed by atoms with Crippen LogP contribution in [0.3, 0.4) is 0 Å². The van der Waals surface area contributed by atoms with Crippen LogP contribution in [0.2, 0.25) is 0 Å². The van der Waals surface area contributed by atoms with E-state index in [2.05, 4.69) is 20.3 Å². The predicted octanol–water partition coefficient (Wildman–Crippen LogP) is 2.89. The maximum Gasteiger partial charge on any atom is 0.187 e. The van der Waals surface area contributed by atoms with E-state index < -0.39 is 0 Å². The Hall–Kier alpha value is -2.04. The number of anilines is 1. The van der Waals surface area contributed by atoms with Gasteiger partial charge in [0.15, 0.2) is 11.6 Å². The Bertz CT molecular complexity index is 555. The quantitative estimate of drug-likeness (QED) is 0.916. The van der Waals surface area contributed by atoms with Crippen LogP contribution in [0.5, 0.6) is 0 Å². The summed E-state index contributed by atoms with van der Waals surface area (Å²) >= 11 is 0. The number of pyridine rings is 1. The van der Waals surface area contributed by atoms with Crippen molar-refractivity contribution in [3.05, 3.63) is 47.9 Å². The standard InChI is InChI=1S/C14H15FN4/c15-12-13(10-4-3-5-10)18-9-19-14(12)17-8-11-6-1-2-7-16-11/h1-2,6-7,9-10H,3-5,8H2,(H,17,18,19). The second-order valence-electron chi connectivity index (χ2n) is 4.72. The molecule has 0 unspecified atom stereocenters. The molecule has 2 aromatic rings. The van der Waals surface area contributed by atoms with Crippen molar-refractivity contribution in [3.63, 3.8) is 0 Å². The van der Waals surface area contributed by atoms with Gasteiger partial charge >= 0.3 is 0 Å². The minimum absolute atomic E-state index is 0.262. The predicted molar refractivity (Wildman–Crippen MR) is 70.1 cm³/mol. The summed E-state index contributed by atoms with van der Waals surface area (Å²) in [5.41, 5.74) is 1.40. The Labute approximate surface area is 111 Å². The van der Waals surface area contributed by atoms with Crippen molar-refractivity contribution in [2.24, 2.45) is 0 Å². The van der Waals surface area contributed by atoms with Crippen LogP contribution < -0.4 is 5.32 Å². The fraction of sp³-hybridized carbons (Fsp3) is 0.357. The highest BCUT2D eigenvalue weighted by molar-refractivity contribution is 5.39. The van der Waals surface area contributed by atoms with E-state index in [0.717, 1.165) is 25.0 Å². The van der Waals surface area contributed by atoms with E-state index in [1.165, 1.54) is 6.33 Å². The minimum Gasteiger partial charge on any atom is -0.362 e. The van der Waals surface area contributed by atoms with Crippen LogP contribution in [-0.4, -0.2) is 15.0 Å². The van der Waals surface area contributed by atoms with Crippen LogP contribution in [0.1, 0.15) is 36.6 Å². The lowest BCUT2D eigenvalue weighted by Gasteiger charge is -2.25. The van der Waals surface area contributed by atoms with Crippen LogP contribution in [0, 0.1) is 5.82 Å². The SMILES string of the molecule is Fc1c(NCc2ccccn2)ncnc1C1CCC1. The fourth-order valence-corrected chi connectivity index (χ4v) is 2.15. The Morgan fingerprint density at radius 1 is 1.21 bits per heavy atom. The van der Waals surface area contributed by atoms with Crippen molar-refractivity contribution in [3.8, 4) is 0 Å². The van der Waals surface area contributed by atoms with Gasteiger partial charge in [-0.05, 0) is 25.0 Å². The Morgan fingerprint density at radius 2 is 2.11 bits per heavy atom. The van der Waals surface area contributed by atoms with E-state index in [0.29, 0.717) is 12.2 Å². The highest BCUT2D eigenvalue weighted by atomic mass is 19.1. The lowest BCUT2D eigenvalue weighted by molar-refractivity contribution is 0.393. The molecule has 0 aliphatic heterocycles. The van der Waals surface area contributed by atoms with Crippen molar-refractivity contribution in [2.75, 3.05) is 5.32 Å². The third-order valence-electron chi connectivity index (χ3n) is 3.47. The van der Waals surface area contributed by atoms with Crippen LogP contribution >= 0.6 is 0 Å². The molecule has 4 nitrogen and oxygen atoms in total. The number of hydrogen-bond donors (Lipinski definition) is 1. The van der Waals surface area contributed by atoms with Gasteiger partial charge in [0, 0.05) is 12.1 Å². The van der Waals surface area contributed by atoms with Crippen molar-refractivity contribution < 1.29 is 4.39 Å². The molecule has 1 aliphatic rings. The van der Waals surface area contributed by atoms with Crippen LogP contribution in [-0.2, 0) is 6.54 Å². The summed E-state index contributed by atoms with van der Waals surface area (Å²) in [5, 5.41) is 2.98. The van der Waals surface area contributed by atoms with Crippen molar-refractivity contribution in [2.45, 2.75) is 31.7 Å². The molecule has 98 valence electrons. The topological polar surface area (TPSA) is 50.7 Å². The lowest BCUT2D eigenvalue weighted by atomic mass is 9.82. The molecule has 5 heteroatoms. The molecule has 1 N–H and O–H groups in total. The van der Waals surface area contributed by atoms with Gasteiger partial charge in [-0.3, -0.25) is 4.98 Å². The molecule has 1 aliphatic carbocycles. The van der Waals surface area contributed by atoms with Crippen LogP contribution in [0.15, 0.2) is 30.7 Å². The molecule has 3 rings (SSSR count). The number of aromatic nitrogens is 3. The third kappa shape index (κ3) is 2.54. The van der Waals surface area contributed by atoms with Gasteiger partial charge < -0.3 is 5.32 Å². The normalized spacial score (nSPS) is 15.0. The summed E-state index contributed by atoms with van der Waals surface area (Å²) in [6, 6.07) is 5.64. The molecular formula is C14H15FN4. The average molecular weight is 258 g/mol. The maximum atomic E-state index is 14.2. The number of nitrogens with one attached hydrogen (secondary N) is 1. The molecule has 0 spiro atoms. The summed E-state index contributed by atoms with van der Waals surface area (Å²) in [6.07, 6.45) is 6.34. The number of rotatable bonds is 4. The van der Waals surface area contributed by atoms with Gasteiger partial charge in [0.25, 0.3) is 0 Å². The molecular weight excluding hydrogens is 243 g/mol. The zero-order valence-electron chi connectivity index (χ0n) is 10.5. The summed E-state index contributed by atoms with van der Waals surface area (Å²) < 4.78 is 14.2. The van der Waals surface area contributed by atoms with Crippen molar-refractivity contribution >= 4 is 5.82 Å². The molecule has 0 saturated heterocycles. The molecule has 1 fully saturated rings. The third-order valence-corrected chi connectivity index (χ3v) is 3.47. The van der Waals surface area contributed by atoms with Gasteiger partial charge in [-0.2, -0.15) is 0 Å². The molecule has 0 aromatic carbocycles. The smallest absolute Gasteiger partial charge is 0.187 e. The first-order chi connectivity index (χ1) is 9.34. The maximum absolute atomic E-state index is 14.2. The fourth-order valence-electron chi connectivity index (χ4n) is 2.15. The first-order valence-corrected chi connectivity index (χ1v) is 6.49. The van der Waals surface area contributed by atoms with E-state index >= 15 is 0 Å². The van der Waals surface area contributed by atoms with Crippen LogP contribution in [0.4, 0.5) is 10.2 Å². The van der Waals surface area contributed by atoms with Gasteiger partial charge in [0.2, 0.25) is 0 Å². The molecule has 1 saturated carbocycles. The first kappa shape index (κ1) is 12.0. The lowest BCUT2D eigenvalue weighted by Crippen LogP contribution is -2.15. The minimum atomic E-state index is -0.317. The zero-order valence-corrected chi connectivity index (χ0v) is 10.5. The monoisotopic (exact) mass is 258 g/mol. The van der Waals surface area contributed by atoms with Crippen molar-refractivity contribution in [1.82, 2.24) is 15.0 Å². The van der Waals surface area contributed by atoms with Crippen molar-refractivity contribution in [1.29, 1.82) is 0 Å². The number of hydrogen-bond acceptors (Lipinski definition) is 4. The molecule has 0 radical (unpaired) electrons. The average Bonchev–Trinajstić information content (AvgIpc) is 2.39. The largest absolute Gasteiger partial charge is 0.362 e. The van der Waals surface area contributed by atoms with E-state index in [1.807, 2.05) is 18.2 Å². The second kappa shape index (κ2) is 5.30. The molecule has 19 heavy (non-hydrogen) atoms. The Kier molecular flexibility index (Phi) is 3.35. The summed E-state index contributed by atoms with van der Waals surface area (Å²) in [6.45, 7) is 0.457. The van der Waals surface area contributed by atoms with Gasteiger partial charge in [-0.25, -0.2) is 14.4 Å². The molecule has 2 aromatic heterocycles. The second-order valence-corrected chi connectivity index (χ2v) is 4.72. The van der Waals surface area contributed by atoms with E-state index in [-0.39, 0.29) is 17.6 Å². The highest BCUT2D eigenvalue weighted by Crippen LogP contribution is 2.37.